The minimum absolute atomic E-state index is 0.0239. The number of carbonyl (C=O) groups is 3. The number of carboxylic acids is 1. The second kappa shape index (κ2) is 7.51. The van der Waals surface area contributed by atoms with Gasteiger partial charge in [0, 0.05) is 18.7 Å². The molecule has 0 radical (unpaired) electrons. The Morgan fingerprint density at radius 3 is 2.44 bits per heavy atom. The van der Waals surface area contributed by atoms with Crippen LogP contribution >= 0.6 is 0 Å². The van der Waals surface area contributed by atoms with Crippen LogP contribution in [0, 0.1) is 0 Å². The van der Waals surface area contributed by atoms with Crippen molar-refractivity contribution in [1.29, 1.82) is 0 Å². The van der Waals surface area contributed by atoms with Crippen molar-refractivity contribution < 1.29 is 32.6 Å². The molecule has 1 fully saturated rings. The summed E-state index contributed by atoms with van der Waals surface area (Å²) in [5, 5.41) is 7.39. The lowest BCUT2D eigenvalue weighted by atomic mass is 10.2. The first-order valence-corrected chi connectivity index (χ1v) is 9.17. The van der Waals surface area contributed by atoms with Crippen molar-refractivity contribution in [2.45, 2.75) is 11.7 Å². The van der Waals surface area contributed by atoms with E-state index >= 15 is 0 Å². The number of sulfone groups is 1. The van der Waals surface area contributed by atoms with Crippen LogP contribution in [-0.2, 0) is 19.4 Å². The molecular weight excluding hydrogens is 352 g/mol. The number of hydrogen-bond acceptors (Lipinski definition) is 6. The van der Waals surface area contributed by atoms with Gasteiger partial charge in [0.1, 0.15) is 5.75 Å². The number of aliphatic carboxylic acids is 1. The van der Waals surface area contributed by atoms with Gasteiger partial charge in [0.05, 0.1) is 18.8 Å². The first-order chi connectivity index (χ1) is 11.7. The Morgan fingerprint density at radius 2 is 1.88 bits per heavy atom. The number of ether oxygens (including phenoxy) is 1. The maximum atomic E-state index is 12.1. The number of rotatable bonds is 6. The lowest BCUT2D eigenvalue weighted by molar-refractivity contribution is -0.138. The zero-order valence-electron chi connectivity index (χ0n) is 13.3. The third-order valence-electron chi connectivity index (χ3n) is 3.82. The minimum atomic E-state index is -3.73. The van der Waals surface area contributed by atoms with Crippen molar-refractivity contribution in [3.63, 3.8) is 0 Å². The standard InChI is InChI=1S/C15H18N2O7S/c16-14(19)10-1-3-11(4-2-10)24-7-5-13(18)17-6-8-25(22,23)12(9-17)15(20)21/h1-4,12H,5-9H2,(H2,16,19)(H,20,21). The number of primary amides is 1. The number of hydrogen-bond donors (Lipinski definition) is 2. The van der Waals surface area contributed by atoms with Crippen LogP contribution in [0.15, 0.2) is 24.3 Å². The summed E-state index contributed by atoms with van der Waals surface area (Å²) in [6.07, 6.45) is -0.0239. The van der Waals surface area contributed by atoms with Crippen molar-refractivity contribution in [3.05, 3.63) is 29.8 Å². The predicted molar refractivity (Wildman–Crippen MR) is 86.9 cm³/mol. The van der Waals surface area contributed by atoms with E-state index in [0.717, 1.165) is 0 Å². The van der Waals surface area contributed by atoms with Gasteiger partial charge in [-0.25, -0.2) is 8.42 Å². The molecular formula is C15H18N2O7S. The molecule has 2 amide bonds. The second-order valence-electron chi connectivity index (χ2n) is 5.52. The van der Waals surface area contributed by atoms with Crippen LogP contribution < -0.4 is 10.5 Å². The van der Waals surface area contributed by atoms with Gasteiger partial charge in [0.2, 0.25) is 11.8 Å². The van der Waals surface area contributed by atoms with Crippen LogP contribution in [0.5, 0.6) is 5.75 Å². The van der Waals surface area contributed by atoms with Crippen LogP contribution in [0.3, 0.4) is 0 Å². The second-order valence-corrected chi connectivity index (χ2v) is 7.82. The number of nitrogens with zero attached hydrogens (tertiary/aromatic N) is 1. The van der Waals surface area contributed by atoms with Gasteiger partial charge in [-0.2, -0.15) is 0 Å². The molecule has 9 nitrogen and oxygen atoms in total. The zero-order chi connectivity index (χ0) is 18.6. The van der Waals surface area contributed by atoms with Gasteiger partial charge in [-0.3, -0.25) is 14.4 Å². The molecule has 0 saturated carbocycles. The Balaban J connectivity index is 1.86. The average molecular weight is 370 g/mol. The number of benzene rings is 1. The van der Waals surface area contributed by atoms with E-state index in [9.17, 15) is 22.8 Å². The Bertz CT molecular complexity index is 774. The fraction of sp³-hybridized carbons (Fsp3) is 0.400. The maximum absolute atomic E-state index is 12.1. The molecule has 0 bridgehead atoms. The molecule has 1 saturated heterocycles. The number of carbonyl (C=O) groups excluding carboxylic acids is 2. The van der Waals surface area contributed by atoms with Crippen molar-refractivity contribution in [3.8, 4) is 5.75 Å². The van der Waals surface area contributed by atoms with E-state index in [2.05, 4.69) is 0 Å². The molecule has 1 aliphatic heterocycles. The van der Waals surface area contributed by atoms with Gasteiger partial charge >= 0.3 is 5.97 Å². The van der Waals surface area contributed by atoms with E-state index < -0.39 is 27.0 Å². The van der Waals surface area contributed by atoms with E-state index in [1.807, 2.05) is 0 Å². The summed E-state index contributed by atoms with van der Waals surface area (Å²) in [6, 6.07) is 6.07. The molecule has 2 rings (SSSR count). The van der Waals surface area contributed by atoms with Crippen molar-refractivity contribution in [2.75, 3.05) is 25.4 Å². The zero-order valence-corrected chi connectivity index (χ0v) is 14.1. The first-order valence-electron chi connectivity index (χ1n) is 7.45. The molecule has 136 valence electrons. The van der Waals surface area contributed by atoms with E-state index in [1.165, 1.54) is 17.0 Å². The van der Waals surface area contributed by atoms with Crippen LogP contribution in [-0.4, -0.2) is 66.9 Å². The molecule has 1 heterocycles. The average Bonchev–Trinajstić information content (AvgIpc) is 2.54. The van der Waals surface area contributed by atoms with E-state index in [-0.39, 0.29) is 37.8 Å². The molecule has 0 spiro atoms. The quantitative estimate of drug-likeness (QED) is 0.671. The summed E-state index contributed by atoms with van der Waals surface area (Å²) in [5.74, 6) is -2.32. The van der Waals surface area contributed by atoms with Gasteiger partial charge in [-0.15, -0.1) is 0 Å². The monoisotopic (exact) mass is 370 g/mol. The van der Waals surface area contributed by atoms with E-state index in [1.54, 1.807) is 12.1 Å². The highest BCUT2D eigenvalue weighted by Gasteiger charge is 2.39. The fourth-order valence-electron chi connectivity index (χ4n) is 2.37. The molecule has 1 aliphatic rings. The Kier molecular flexibility index (Phi) is 5.62. The van der Waals surface area contributed by atoms with Crippen LogP contribution in [0.1, 0.15) is 16.8 Å². The highest BCUT2D eigenvalue weighted by Crippen LogP contribution is 2.15. The lowest BCUT2D eigenvalue weighted by Gasteiger charge is -2.30. The predicted octanol–water partition coefficient (Wildman–Crippen LogP) is -0.735. The number of carboxylic acid groups (broad SMARTS) is 1. The van der Waals surface area contributed by atoms with Crippen LogP contribution in [0.2, 0.25) is 0 Å². The Labute approximate surface area is 144 Å². The van der Waals surface area contributed by atoms with Crippen molar-refractivity contribution >= 4 is 27.6 Å². The summed E-state index contributed by atoms with van der Waals surface area (Å²) < 4.78 is 28.8. The molecule has 0 aliphatic carbocycles. The Morgan fingerprint density at radius 1 is 1.24 bits per heavy atom. The van der Waals surface area contributed by atoms with Gasteiger partial charge in [-0.1, -0.05) is 0 Å². The fourth-order valence-corrected chi connectivity index (χ4v) is 3.85. The van der Waals surface area contributed by atoms with Crippen molar-refractivity contribution in [1.82, 2.24) is 4.90 Å². The largest absolute Gasteiger partial charge is 0.493 e. The summed E-state index contributed by atoms with van der Waals surface area (Å²) >= 11 is 0. The molecule has 1 aromatic carbocycles. The highest BCUT2D eigenvalue weighted by molar-refractivity contribution is 7.92. The van der Waals surface area contributed by atoms with Gasteiger partial charge < -0.3 is 20.5 Å². The number of amides is 2. The summed E-state index contributed by atoms with van der Waals surface area (Å²) in [7, 11) is -3.73. The van der Waals surface area contributed by atoms with Crippen LogP contribution in [0.4, 0.5) is 0 Å². The first kappa shape index (κ1) is 18.7. The summed E-state index contributed by atoms with van der Waals surface area (Å²) in [4.78, 5) is 35.3. The van der Waals surface area contributed by atoms with E-state index in [4.69, 9.17) is 15.6 Å². The van der Waals surface area contributed by atoms with E-state index in [0.29, 0.717) is 11.3 Å². The topological polar surface area (TPSA) is 144 Å². The van der Waals surface area contributed by atoms with Crippen molar-refractivity contribution in [2.24, 2.45) is 5.73 Å². The van der Waals surface area contributed by atoms with Gasteiger partial charge in [0.15, 0.2) is 15.1 Å². The highest BCUT2D eigenvalue weighted by atomic mass is 32.2. The molecule has 25 heavy (non-hydrogen) atoms. The molecule has 1 atom stereocenters. The molecule has 1 unspecified atom stereocenters. The Hall–Kier alpha value is -2.62. The third kappa shape index (κ3) is 4.69. The third-order valence-corrected chi connectivity index (χ3v) is 5.79. The SMILES string of the molecule is NC(=O)c1ccc(OCCC(=O)N2CCS(=O)(=O)C(C(=O)O)C2)cc1. The number of nitrogens with two attached hydrogens (primary N) is 1. The minimum Gasteiger partial charge on any atom is -0.493 e. The molecule has 3 N–H and O–H groups in total. The molecule has 0 aromatic heterocycles. The van der Waals surface area contributed by atoms with Crippen LogP contribution in [0.25, 0.3) is 0 Å². The maximum Gasteiger partial charge on any atom is 0.323 e. The van der Waals surface area contributed by atoms with Gasteiger partial charge in [-0.05, 0) is 24.3 Å². The lowest BCUT2D eigenvalue weighted by Crippen LogP contribution is -2.52. The molecule has 1 aromatic rings. The van der Waals surface area contributed by atoms with Gasteiger partial charge in [0.25, 0.3) is 0 Å². The normalized spacial score (nSPS) is 19.2. The summed E-state index contributed by atoms with van der Waals surface area (Å²) in [6.45, 7) is -0.349. The smallest absolute Gasteiger partial charge is 0.323 e. The summed E-state index contributed by atoms with van der Waals surface area (Å²) in [5.41, 5.74) is 5.45. The molecule has 10 heteroatoms.